The third-order valence-electron chi connectivity index (χ3n) is 5.38. The van der Waals surface area contributed by atoms with Gasteiger partial charge in [-0.2, -0.15) is 0 Å². The van der Waals surface area contributed by atoms with Crippen molar-refractivity contribution in [3.05, 3.63) is 29.8 Å². The second-order valence-corrected chi connectivity index (χ2v) is 9.06. The lowest BCUT2D eigenvalue weighted by Gasteiger charge is -2.21. The Bertz CT molecular complexity index is 772. The molecule has 0 aliphatic carbocycles. The molecule has 1 aromatic rings. The fourth-order valence-electron chi connectivity index (χ4n) is 3.27. The number of aliphatic hydroxyl groups excluding tert-OH is 1. The second kappa shape index (κ2) is 20.5. The number of carbonyl (C=O) groups is 3. The number of anilines is 1. The van der Waals surface area contributed by atoms with Crippen LogP contribution in [0.5, 0.6) is 0 Å². The van der Waals surface area contributed by atoms with Crippen LogP contribution >= 0.6 is 0 Å². The first-order valence-corrected chi connectivity index (χ1v) is 13.2. The third kappa shape index (κ3) is 16.0. The fraction of sp³-hybridized carbons (Fsp3) is 0.667. The Balaban J connectivity index is 2.17. The number of amides is 3. The molecule has 1 rings (SSSR count). The molecule has 0 spiro atoms. The van der Waals surface area contributed by atoms with E-state index < -0.39 is 17.9 Å². The molecule has 0 aliphatic rings. The van der Waals surface area contributed by atoms with Gasteiger partial charge in [0, 0.05) is 31.9 Å². The molecule has 10 heteroatoms. The van der Waals surface area contributed by atoms with Crippen LogP contribution < -0.4 is 16.0 Å². The molecule has 0 bridgehead atoms. The van der Waals surface area contributed by atoms with Crippen LogP contribution in [0.1, 0.15) is 58.4 Å². The van der Waals surface area contributed by atoms with Crippen LogP contribution in [0, 0.1) is 5.92 Å². The Morgan fingerprint density at radius 2 is 1.46 bits per heavy atom. The molecular formula is C27H45N3O7. The summed E-state index contributed by atoms with van der Waals surface area (Å²) in [5.74, 6) is -1.28. The molecule has 1 unspecified atom stereocenters. The van der Waals surface area contributed by atoms with Gasteiger partial charge in [-0.3, -0.25) is 14.4 Å². The summed E-state index contributed by atoms with van der Waals surface area (Å²) in [4.78, 5) is 37.0. The average Bonchev–Trinajstić information content (AvgIpc) is 2.88. The van der Waals surface area contributed by atoms with E-state index in [4.69, 9.17) is 19.3 Å². The van der Waals surface area contributed by atoms with Crippen LogP contribution in [0.15, 0.2) is 24.3 Å². The van der Waals surface area contributed by atoms with Gasteiger partial charge in [-0.05, 0) is 49.3 Å². The van der Waals surface area contributed by atoms with Crippen LogP contribution in [0.2, 0.25) is 0 Å². The second-order valence-electron chi connectivity index (χ2n) is 9.06. The van der Waals surface area contributed by atoms with Crippen LogP contribution in [0.4, 0.5) is 5.69 Å². The molecule has 10 nitrogen and oxygen atoms in total. The number of carbonyl (C=O) groups excluding carboxylic acids is 3. The highest BCUT2D eigenvalue weighted by atomic mass is 16.5. The predicted octanol–water partition coefficient (Wildman–Crippen LogP) is 2.39. The summed E-state index contributed by atoms with van der Waals surface area (Å²) in [7, 11) is 0. The van der Waals surface area contributed by atoms with Crippen molar-refractivity contribution in [2.24, 2.45) is 5.92 Å². The summed E-state index contributed by atoms with van der Waals surface area (Å²) in [6.45, 7) is 8.83. The van der Waals surface area contributed by atoms with Gasteiger partial charge in [0.05, 0.1) is 33.0 Å². The molecule has 37 heavy (non-hydrogen) atoms. The first kappa shape index (κ1) is 32.5. The lowest BCUT2D eigenvalue weighted by atomic mass is 10.0. The van der Waals surface area contributed by atoms with E-state index in [1.807, 2.05) is 13.8 Å². The normalized spacial score (nSPS) is 11.8. The van der Waals surface area contributed by atoms with E-state index in [-0.39, 0.29) is 38.0 Å². The van der Waals surface area contributed by atoms with E-state index in [1.54, 1.807) is 24.3 Å². The summed E-state index contributed by atoms with van der Waals surface area (Å²) in [5.41, 5.74) is 1.29. The van der Waals surface area contributed by atoms with Gasteiger partial charge in [0.1, 0.15) is 6.04 Å². The molecule has 3 amide bonds. The SMILES string of the molecule is CCCOCCCCCOCCOCCC(=O)NC(C(=O)NCC(=O)Nc1ccc(CO)cc1)C(C)C. The lowest BCUT2D eigenvalue weighted by Crippen LogP contribution is -2.51. The highest BCUT2D eigenvalue weighted by molar-refractivity contribution is 5.96. The molecule has 0 aromatic heterocycles. The summed E-state index contributed by atoms with van der Waals surface area (Å²) < 4.78 is 16.4. The summed E-state index contributed by atoms with van der Waals surface area (Å²) in [6, 6.07) is 5.97. The van der Waals surface area contributed by atoms with Crippen molar-refractivity contribution in [1.29, 1.82) is 0 Å². The summed E-state index contributed by atoms with van der Waals surface area (Å²) >= 11 is 0. The summed E-state index contributed by atoms with van der Waals surface area (Å²) in [6.07, 6.45) is 4.26. The smallest absolute Gasteiger partial charge is 0.243 e. The van der Waals surface area contributed by atoms with E-state index >= 15 is 0 Å². The standard InChI is InChI=1S/C27H45N3O7/c1-4-13-35-14-6-5-7-15-36-17-18-37-16-12-24(32)30-26(21(2)3)27(34)28-19-25(33)29-23-10-8-22(20-31)9-11-23/h8-11,21,26,31H,4-7,12-20H2,1-3H3,(H,28,34)(H,29,33)(H,30,32). The van der Waals surface area contributed by atoms with Crippen molar-refractivity contribution in [1.82, 2.24) is 10.6 Å². The molecule has 0 radical (unpaired) electrons. The molecular weight excluding hydrogens is 478 g/mol. The van der Waals surface area contributed by atoms with Crippen molar-refractivity contribution in [2.75, 3.05) is 51.5 Å². The number of unbranched alkanes of at least 4 members (excludes halogenated alkanes) is 2. The predicted molar refractivity (Wildman–Crippen MR) is 142 cm³/mol. The Hall–Kier alpha value is -2.53. The third-order valence-corrected chi connectivity index (χ3v) is 5.38. The largest absolute Gasteiger partial charge is 0.392 e. The molecule has 1 aromatic carbocycles. The molecule has 0 fully saturated rings. The maximum atomic E-state index is 12.6. The molecule has 0 heterocycles. The van der Waals surface area contributed by atoms with E-state index in [9.17, 15) is 14.4 Å². The minimum Gasteiger partial charge on any atom is -0.392 e. The van der Waals surface area contributed by atoms with Gasteiger partial charge in [0.2, 0.25) is 17.7 Å². The van der Waals surface area contributed by atoms with Crippen molar-refractivity contribution < 1.29 is 33.7 Å². The van der Waals surface area contributed by atoms with E-state index in [2.05, 4.69) is 22.9 Å². The maximum Gasteiger partial charge on any atom is 0.243 e. The van der Waals surface area contributed by atoms with Crippen LogP contribution in [-0.4, -0.2) is 75.1 Å². The Morgan fingerprint density at radius 3 is 2.05 bits per heavy atom. The molecule has 0 saturated heterocycles. The van der Waals surface area contributed by atoms with Gasteiger partial charge in [0.15, 0.2) is 0 Å². The molecule has 4 N–H and O–H groups in total. The zero-order valence-corrected chi connectivity index (χ0v) is 22.6. The van der Waals surface area contributed by atoms with Gasteiger partial charge in [-0.1, -0.05) is 32.9 Å². The fourth-order valence-corrected chi connectivity index (χ4v) is 3.27. The first-order chi connectivity index (χ1) is 17.9. The van der Waals surface area contributed by atoms with Crippen LogP contribution in [0.3, 0.4) is 0 Å². The van der Waals surface area contributed by atoms with Crippen molar-refractivity contribution in [3.8, 4) is 0 Å². The molecule has 210 valence electrons. The average molecular weight is 524 g/mol. The Morgan fingerprint density at radius 1 is 0.838 bits per heavy atom. The number of ether oxygens (including phenoxy) is 3. The molecule has 0 aliphatic heterocycles. The van der Waals surface area contributed by atoms with Gasteiger partial charge in [-0.15, -0.1) is 0 Å². The van der Waals surface area contributed by atoms with E-state index in [0.717, 1.165) is 44.5 Å². The first-order valence-electron chi connectivity index (χ1n) is 13.2. The zero-order valence-electron chi connectivity index (χ0n) is 22.6. The number of hydrogen-bond donors (Lipinski definition) is 4. The Labute approximate surface area is 220 Å². The molecule has 1 atom stereocenters. The maximum absolute atomic E-state index is 12.6. The number of hydrogen-bond acceptors (Lipinski definition) is 7. The van der Waals surface area contributed by atoms with Crippen molar-refractivity contribution >= 4 is 23.4 Å². The van der Waals surface area contributed by atoms with E-state index in [1.165, 1.54) is 0 Å². The van der Waals surface area contributed by atoms with Gasteiger partial charge >= 0.3 is 0 Å². The zero-order chi connectivity index (χ0) is 27.3. The lowest BCUT2D eigenvalue weighted by molar-refractivity contribution is -0.131. The van der Waals surface area contributed by atoms with Gasteiger partial charge in [-0.25, -0.2) is 0 Å². The van der Waals surface area contributed by atoms with Gasteiger partial charge < -0.3 is 35.3 Å². The van der Waals surface area contributed by atoms with E-state index in [0.29, 0.717) is 25.5 Å². The highest BCUT2D eigenvalue weighted by Gasteiger charge is 2.24. The van der Waals surface area contributed by atoms with Crippen molar-refractivity contribution in [3.63, 3.8) is 0 Å². The topological polar surface area (TPSA) is 135 Å². The minimum atomic E-state index is -0.764. The highest BCUT2D eigenvalue weighted by Crippen LogP contribution is 2.09. The quantitative estimate of drug-likeness (QED) is 0.182. The number of rotatable bonds is 21. The monoisotopic (exact) mass is 523 g/mol. The minimum absolute atomic E-state index is 0.0801. The Kier molecular flexibility index (Phi) is 18.0. The molecule has 0 saturated carbocycles. The van der Waals surface area contributed by atoms with Crippen molar-refractivity contribution in [2.45, 2.75) is 65.5 Å². The van der Waals surface area contributed by atoms with Crippen LogP contribution in [-0.2, 0) is 35.2 Å². The summed E-state index contributed by atoms with van der Waals surface area (Å²) in [5, 5.41) is 17.0. The number of benzene rings is 1. The van der Waals surface area contributed by atoms with Crippen LogP contribution in [0.25, 0.3) is 0 Å². The van der Waals surface area contributed by atoms with Gasteiger partial charge in [0.25, 0.3) is 0 Å². The number of aliphatic hydroxyl groups is 1. The number of nitrogens with one attached hydrogen (secondary N) is 3.